The highest BCUT2D eigenvalue weighted by Crippen LogP contribution is 2.48. The quantitative estimate of drug-likeness (QED) is 0.917. The molecule has 1 heterocycles. The third kappa shape index (κ3) is 2.51. The molecular weight excluding hydrogens is 250 g/mol. The topological polar surface area (TPSA) is 45.2 Å². The van der Waals surface area contributed by atoms with E-state index in [1.807, 2.05) is 25.1 Å². The van der Waals surface area contributed by atoms with Crippen LogP contribution in [-0.4, -0.2) is 36.4 Å². The highest BCUT2D eigenvalue weighted by molar-refractivity contribution is 5.92. The molecule has 1 amide bonds. The number of hydrogen-bond acceptors (Lipinski definition) is 3. The number of carbonyl (C=O) groups excluding carboxylic acids is 1. The molecule has 20 heavy (non-hydrogen) atoms. The molecule has 108 valence electrons. The maximum absolute atomic E-state index is 12.4. The van der Waals surface area contributed by atoms with Crippen LogP contribution in [0.5, 0.6) is 0 Å². The second kappa shape index (κ2) is 5.43. The van der Waals surface area contributed by atoms with Crippen LogP contribution in [-0.2, 0) is 0 Å². The molecule has 1 N–H and O–H groups in total. The molecule has 0 aliphatic heterocycles. The number of aromatic nitrogens is 1. The lowest BCUT2D eigenvalue weighted by Crippen LogP contribution is -2.34. The van der Waals surface area contributed by atoms with Gasteiger partial charge < -0.3 is 10.2 Å². The number of rotatable bonds is 4. The van der Waals surface area contributed by atoms with Gasteiger partial charge >= 0.3 is 0 Å². The van der Waals surface area contributed by atoms with E-state index in [-0.39, 0.29) is 5.91 Å². The lowest BCUT2D eigenvalue weighted by Gasteiger charge is -2.27. The monoisotopic (exact) mass is 273 g/mol. The number of nitrogens with zero attached hydrogens (tertiary/aromatic N) is 2. The Bertz CT molecular complexity index is 485. The van der Waals surface area contributed by atoms with Crippen molar-refractivity contribution in [2.24, 2.45) is 17.8 Å². The highest BCUT2D eigenvalue weighted by atomic mass is 16.2. The fraction of sp³-hybridized carbons (Fsp3) is 0.625. The first kappa shape index (κ1) is 13.4. The Morgan fingerprint density at radius 2 is 2.25 bits per heavy atom. The number of hydrogen-bond donors (Lipinski definition) is 1. The van der Waals surface area contributed by atoms with Gasteiger partial charge in [-0.05, 0) is 49.1 Å². The average Bonchev–Trinajstić information content (AvgIpc) is 3.09. The zero-order valence-corrected chi connectivity index (χ0v) is 12.3. The van der Waals surface area contributed by atoms with Crippen molar-refractivity contribution in [3.63, 3.8) is 0 Å². The summed E-state index contributed by atoms with van der Waals surface area (Å²) in [5.41, 5.74) is 1.46. The van der Waals surface area contributed by atoms with Crippen molar-refractivity contribution in [1.82, 2.24) is 9.88 Å². The summed E-state index contributed by atoms with van der Waals surface area (Å²) in [5.74, 6) is 2.53. The van der Waals surface area contributed by atoms with Crippen LogP contribution in [0, 0.1) is 17.8 Å². The van der Waals surface area contributed by atoms with E-state index in [0.717, 1.165) is 24.1 Å². The van der Waals surface area contributed by atoms with Crippen LogP contribution >= 0.6 is 0 Å². The van der Waals surface area contributed by atoms with Gasteiger partial charge in [-0.3, -0.25) is 4.79 Å². The summed E-state index contributed by atoms with van der Waals surface area (Å²) in [5, 5.41) is 3.01. The molecule has 3 unspecified atom stereocenters. The molecule has 2 aliphatic rings. The molecule has 0 saturated heterocycles. The Morgan fingerprint density at radius 3 is 2.80 bits per heavy atom. The molecule has 2 saturated carbocycles. The van der Waals surface area contributed by atoms with Crippen molar-refractivity contribution >= 4 is 11.6 Å². The minimum atomic E-state index is 0.0374. The minimum absolute atomic E-state index is 0.0374. The number of fused-ring (bicyclic) bond motifs is 2. The number of pyridine rings is 1. The van der Waals surface area contributed by atoms with Crippen LogP contribution in [0.3, 0.4) is 0 Å². The zero-order chi connectivity index (χ0) is 14.1. The number of anilines is 1. The number of amides is 1. The summed E-state index contributed by atoms with van der Waals surface area (Å²) in [7, 11) is 3.75. The summed E-state index contributed by atoms with van der Waals surface area (Å²) >= 11 is 0. The van der Waals surface area contributed by atoms with Crippen LogP contribution < -0.4 is 5.32 Å². The normalized spacial score (nSPS) is 27.6. The van der Waals surface area contributed by atoms with Gasteiger partial charge in [0.05, 0.1) is 11.9 Å². The minimum Gasteiger partial charge on any atom is -0.387 e. The van der Waals surface area contributed by atoms with Crippen molar-refractivity contribution in [1.29, 1.82) is 0 Å². The molecule has 2 bridgehead atoms. The summed E-state index contributed by atoms with van der Waals surface area (Å²) in [6, 6.07) is 3.69. The molecule has 2 aliphatic carbocycles. The predicted octanol–water partition coefficient (Wildman–Crippen LogP) is 2.63. The van der Waals surface area contributed by atoms with Crippen LogP contribution in [0.15, 0.2) is 18.3 Å². The van der Waals surface area contributed by atoms with Crippen molar-refractivity contribution in [3.05, 3.63) is 24.0 Å². The molecule has 4 nitrogen and oxygen atoms in total. The second-order valence-electron chi connectivity index (χ2n) is 6.30. The molecule has 0 aromatic carbocycles. The van der Waals surface area contributed by atoms with E-state index in [1.165, 1.54) is 25.7 Å². The molecule has 4 heteroatoms. The van der Waals surface area contributed by atoms with E-state index in [1.54, 1.807) is 12.3 Å². The van der Waals surface area contributed by atoms with Crippen LogP contribution in [0.25, 0.3) is 0 Å². The molecule has 3 atom stereocenters. The molecule has 1 aromatic heterocycles. The summed E-state index contributed by atoms with van der Waals surface area (Å²) < 4.78 is 0. The van der Waals surface area contributed by atoms with Crippen molar-refractivity contribution < 1.29 is 4.79 Å². The highest BCUT2D eigenvalue weighted by Gasteiger charge is 2.40. The van der Waals surface area contributed by atoms with Crippen molar-refractivity contribution in [2.45, 2.75) is 25.7 Å². The third-order valence-corrected chi connectivity index (χ3v) is 5.01. The third-order valence-electron chi connectivity index (χ3n) is 5.01. The van der Waals surface area contributed by atoms with E-state index in [0.29, 0.717) is 11.6 Å². The van der Waals surface area contributed by atoms with Gasteiger partial charge in [0.1, 0.15) is 5.69 Å². The molecule has 1 aromatic rings. The Morgan fingerprint density at radius 1 is 1.40 bits per heavy atom. The van der Waals surface area contributed by atoms with Gasteiger partial charge in [-0.2, -0.15) is 0 Å². The maximum Gasteiger partial charge on any atom is 0.272 e. The van der Waals surface area contributed by atoms with Gasteiger partial charge in [-0.25, -0.2) is 4.98 Å². The van der Waals surface area contributed by atoms with E-state index < -0.39 is 0 Å². The SMILES string of the molecule is CNc1ccc(C(=O)N(C)CC2CC3CCC2C3)nc1. The van der Waals surface area contributed by atoms with Gasteiger partial charge in [0.25, 0.3) is 5.91 Å². The number of carbonyl (C=O) groups is 1. The number of nitrogens with one attached hydrogen (secondary N) is 1. The lowest BCUT2D eigenvalue weighted by molar-refractivity contribution is 0.0748. The Kier molecular flexibility index (Phi) is 3.64. The largest absolute Gasteiger partial charge is 0.387 e. The molecule has 0 spiro atoms. The molecular formula is C16H23N3O. The van der Waals surface area contributed by atoms with E-state index in [4.69, 9.17) is 0 Å². The molecule has 2 fully saturated rings. The summed E-state index contributed by atoms with van der Waals surface area (Å²) in [6.45, 7) is 0.884. The van der Waals surface area contributed by atoms with Gasteiger partial charge in [0.2, 0.25) is 0 Å². The Hall–Kier alpha value is -1.58. The smallest absolute Gasteiger partial charge is 0.272 e. The first-order chi connectivity index (χ1) is 9.67. The summed E-state index contributed by atoms with van der Waals surface area (Å²) in [4.78, 5) is 18.5. The fourth-order valence-corrected chi connectivity index (χ4v) is 3.90. The van der Waals surface area contributed by atoms with Crippen molar-refractivity contribution in [2.75, 3.05) is 26.0 Å². The van der Waals surface area contributed by atoms with E-state index in [9.17, 15) is 4.79 Å². The Balaban J connectivity index is 1.61. The van der Waals surface area contributed by atoms with Gasteiger partial charge in [-0.15, -0.1) is 0 Å². The maximum atomic E-state index is 12.4. The van der Waals surface area contributed by atoms with E-state index >= 15 is 0 Å². The Labute approximate surface area is 120 Å². The second-order valence-corrected chi connectivity index (χ2v) is 6.30. The van der Waals surface area contributed by atoms with Crippen LogP contribution in [0.1, 0.15) is 36.2 Å². The fourth-order valence-electron chi connectivity index (χ4n) is 3.90. The van der Waals surface area contributed by atoms with Gasteiger partial charge in [-0.1, -0.05) is 6.42 Å². The molecule has 3 rings (SSSR count). The lowest BCUT2D eigenvalue weighted by atomic mass is 9.88. The van der Waals surface area contributed by atoms with Crippen molar-refractivity contribution in [3.8, 4) is 0 Å². The predicted molar refractivity (Wildman–Crippen MR) is 79.7 cm³/mol. The first-order valence-electron chi connectivity index (χ1n) is 7.56. The molecule has 0 radical (unpaired) electrons. The standard InChI is InChI=1S/C16H23N3O/c1-17-14-5-6-15(18-9-14)16(20)19(2)10-13-8-11-3-4-12(13)7-11/h5-6,9,11-13,17H,3-4,7-8,10H2,1-2H3. The van der Waals surface area contributed by atoms with Gasteiger partial charge in [0.15, 0.2) is 0 Å². The zero-order valence-electron chi connectivity index (χ0n) is 12.3. The first-order valence-corrected chi connectivity index (χ1v) is 7.56. The van der Waals surface area contributed by atoms with Crippen LogP contribution in [0.4, 0.5) is 5.69 Å². The summed E-state index contributed by atoms with van der Waals surface area (Å²) in [6.07, 6.45) is 7.19. The van der Waals surface area contributed by atoms with E-state index in [2.05, 4.69) is 10.3 Å². The van der Waals surface area contributed by atoms with Gasteiger partial charge in [0, 0.05) is 20.6 Å². The van der Waals surface area contributed by atoms with Crippen LogP contribution in [0.2, 0.25) is 0 Å². The average molecular weight is 273 g/mol.